The first kappa shape index (κ1) is 14.7. The summed E-state index contributed by atoms with van der Waals surface area (Å²) >= 11 is 6.05. The SMILES string of the molecule is Cc1ccccc1C(=O)NCCc1c[nH]c2ccc(Cl)cc12. The Morgan fingerprint density at radius 2 is 2.05 bits per heavy atom. The number of carbonyl (C=O) groups excluding carboxylic acids is 1. The van der Waals surface area contributed by atoms with Gasteiger partial charge in [0.25, 0.3) is 5.91 Å². The van der Waals surface area contributed by atoms with Crippen LogP contribution in [0, 0.1) is 6.92 Å². The molecule has 0 aliphatic carbocycles. The van der Waals surface area contributed by atoms with Crippen molar-refractivity contribution in [3.8, 4) is 0 Å². The van der Waals surface area contributed by atoms with Gasteiger partial charge in [0.1, 0.15) is 0 Å². The van der Waals surface area contributed by atoms with Gasteiger partial charge in [0, 0.05) is 34.2 Å². The maximum Gasteiger partial charge on any atom is 0.251 e. The second kappa shape index (κ2) is 6.24. The number of carbonyl (C=O) groups is 1. The smallest absolute Gasteiger partial charge is 0.251 e. The standard InChI is InChI=1S/C18H17ClN2O/c1-12-4-2-3-5-15(12)18(22)20-9-8-13-11-21-17-7-6-14(19)10-16(13)17/h2-7,10-11,21H,8-9H2,1H3,(H,20,22). The lowest BCUT2D eigenvalue weighted by Crippen LogP contribution is -2.26. The van der Waals surface area contributed by atoms with Crippen LogP contribution in [0.5, 0.6) is 0 Å². The van der Waals surface area contributed by atoms with E-state index in [0.29, 0.717) is 6.54 Å². The van der Waals surface area contributed by atoms with Crippen molar-refractivity contribution in [1.82, 2.24) is 10.3 Å². The molecule has 3 aromatic rings. The monoisotopic (exact) mass is 312 g/mol. The summed E-state index contributed by atoms with van der Waals surface area (Å²) < 4.78 is 0. The zero-order valence-electron chi connectivity index (χ0n) is 12.3. The van der Waals surface area contributed by atoms with E-state index in [-0.39, 0.29) is 5.91 Å². The molecule has 1 heterocycles. The van der Waals surface area contributed by atoms with E-state index >= 15 is 0 Å². The minimum Gasteiger partial charge on any atom is -0.361 e. The van der Waals surface area contributed by atoms with Crippen LogP contribution in [-0.2, 0) is 6.42 Å². The molecule has 1 aromatic heterocycles. The second-order valence-electron chi connectivity index (χ2n) is 5.32. The summed E-state index contributed by atoms with van der Waals surface area (Å²) in [5.74, 6) is -0.0315. The fourth-order valence-electron chi connectivity index (χ4n) is 2.59. The maximum absolute atomic E-state index is 12.2. The molecule has 0 saturated carbocycles. The van der Waals surface area contributed by atoms with E-state index in [1.165, 1.54) is 0 Å². The fourth-order valence-corrected chi connectivity index (χ4v) is 2.76. The van der Waals surface area contributed by atoms with Gasteiger partial charge in [-0.2, -0.15) is 0 Å². The van der Waals surface area contributed by atoms with Gasteiger partial charge in [-0.3, -0.25) is 4.79 Å². The minimum atomic E-state index is -0.0315. The number of benzene rings is 2. The van der Waals surface area contributed by atoms with Crippen molar-refractivity contribution in [2.75, 3.05) is 6.54 Å². The predicted molar refractivity (Wildman–Crippen MR) is 90.5 cm³/mol. The number of amides is 1. The molecule has 2 N–H and O–H groups in total. The fraction of sp³-hybridized carbons (Fsp3) is 0.167. The van der Waals surface area contributed by atoms with Gasteiger partial charge in [-0.25, -0.2) is 0 Å². The summed E-state index contributed by atoms with van der Waals surface area (Å²) in [6.45, 7) is 2.53. The summed E-state index contributed by atoms with van der Waals surface area (Å²) in [7, 11) is 0. The molecular weight excluding hydrogens is 296 g/mol. The average Bonchev–Trinajstić information content (AvgIpc) is 2.90. The molecule has 3 nitrogen and oxygen atoms in total. The Hall–Kier alpha value is -2.26. The molecule has 3 rings (SSSR count). The zero-order valence-corrected chi connectivity index (χ0v) is 13.1. The normalized spacial score (nSPS) is 10.8. The van der Waals surface area contributed by atoms with Crippen molar-refractivity contribution in [1.29, 1.82) is 0 Å². The van der Waals surface area contributed by atoms with E-state index in [1.807, 2.05) is 55.6 Å². The quantitative estimate of drug-likeness (QED) is 0.748. The molecular formula is C18H17ClN2O. The van der Waals surface area contributed by atoms with Gasteiger partial charge < -0.3 is 10.3 Å². The largest absolute Gasteiger partial charge is 0.361 e. The summed E-state index contributed by atoms with van der Waals surface area (Å²) in [4.78, 5) is 15.4. The van der Waals surface area contributed by atoms with Gasteiger partial charge in [-0.15, -0.1) is 0 Å². The van der Waals surface area contributed by atoms with Crippen LogP contribution in [-0.4, -0.2) is 17.4 Å². The van der Waals surface area contributed by atoms with Crippen LogP contribution in [0.2, 0.25) is 5.02 Å². The Balaban J connectivity index is 1.66. The molecule has 0 radical (unpaired) electrons. The number of rotatable bonds is 4. The van der Waals surface area contributed by atoms with Crippen molar-refractivity contribution in [3.63, 3.8) is 0 Å². The second-order valence-corrected chi connectivity index (χ2v) is 5.76. The van der Waals surface area contributed by atoms with Gasteiger partial charge in [0.05, 0.1) is 0 Å². The van der Waals surface area contributed by atoms with Crippen molar-refractivity contribution in [3.05, 3.63) is 70.4 Å². The van der Waals surface area contributed by atoms with E-state index < -0.39 is 0 Å². The van der Waals surface area contributed by atoms with Crippen molar-refractivity contribution >= 4 is 28.4 Å². The highest BCUT2D eigenvalue weighted by Crippen LogP contribution is 2.22. The molecule has 112 valence electrons. The van der Waals surface area contributed by atoms with E-state index in [1.54, 1.807) is 0 Å². The molecule has 0 bridgehead atoms. The Kier molecular flexibility index (Phi) is 4.16. The molecule has 2 aromatic carbocycles. The van der Waals surface area contributed by atoms with Gasteiger partial charge >= 0.3 is 0 Å². The zero-order chi connectivity index (χ0) is 15.5. The Morgan fingerprint density at radius 3 is 2.86 bits per heavy atom. The Morgan fingerprint density at radius 1 is 1.23 bits per heavy atom. The molecule has 1 amide bonds. The Labute approximate surface area is 134 Å². The van der Waals surface area contributed by atoms with E-state index in [0.717, 1.165) is 39.0 Å². The number of halogens is 1. The third kappa shape index (κ3) is 3.00. The highest BCUT2D eigenvalue weighted by molar-refractivity contribution is 6.31. The van der Waals surface area contributed by atoms with Crippen LogP contribution in [0.1, 0.15) is 21.5 Å². The van der Waals surface area contributed by atoms with Crippen LogP contribution in [0.4, 0.5) is 0 Å². The highest BCUT2D eigenvalue weighted by Gasteiger charge is 2.08. The lowest BCUT2D eigenvalue weighted by atomic mass is 10.1. The minimum absolute atomic E-state index is 0.0315. The first-order valence-electron chi connectivity index (χ1n) is 7.24. The third-order valence-corrected chi connectivity index (χ3v) is 4.03. The van der Waals surface area contributed by atoms with Crippen LogP contribution >= 0.6 is 11.6 Å². The van der Waals surface area contributed by atoms with Gasteiger partial charge in [0.2, 0.25) is 0 Å². The highest BCUT2D eigenvalue weighted by atomic mass is 35.5. The van der Waals surface area contributed by atoms with Crippen LogP contribution < -0.4 is 5.32 Å². The molecule has 0 saturated heterocycles. The summed E-state index contributed by atoms with van der Waals surface area (Å²) in [5, 5.41) is 4.80. The van der Waals surface area contributed by atoms with Crippen molar-refractivity contribution < 1.29 is 4.79 Å². The number of aryl methyl sites for hydroxylation is 1. The maximum atomic E-state index is 12.2. The van der Waals surface area contributed by atoms with Crippen LogP contribution in [0.25, 0.3) is 10.9 Å². The number of H-pyrrole nitrogens is 1. The van der Waals surface area contributed by atoms with Crippen LogP contribution in [0.15, 0.2) is 48.7 Å². The lowest BCUT2D eigenvalue weighted by Gasteiger charge is -2.07. The number of hydrogen-bond acceptors (Lipinski definition) is 1. The summed E-state index contributed by atoms with van der Waals surface area (Å²) in [6.07, 6.45) is 2.74. The molecule has 0 spiro atoms. The number of nitrogens with one attached hydrogen (secondary N) is 2. The molecule has 0 unspecified atom stereocenters. The lowest BCUT2D eigenvalue weighted by molar-refractivity contribution is 0.0953. The molecule has 0 atom stereocenters. The first-order chi connectivity index (χ1) is 10.6. The summed E-state index contributed by atoms with van der Waals surface area (Å²) in [5.41, 5.74) is 3.93. The predicted octanol–water partition coefficient (Wildman–Crippen LogP) is 4.10. The number of aromatic nitrogens is 1. The van der Waals surface area contributed by atoms with Crippen molar-refractivity contribution in [2.24, 2.45) is 0 Å². The Bertz CT molecular complexity index is 823. The molecule has 0 aliphatic rings. The number of aromatic amines is 1. The van der Waals surface area contributed by atoms with E-state index in [9.17, 15) is 4.79 Å². The van der Waals surface area contributed by atoms with Crippen LogP contribution in [0.3, 0.4) is 0 Å². The number of fused-ring (bicyclic) bond motifs is 1. The molecule has 0 aliphatic heterocycles. The third-order valence-electron chi connectivity index (χ3n) is 3.80. The number of hydrogen-bond donors (Lipinski definition) is 2. The average molecular weight is 313 g/mol. The van der Waals surface area contributed by atoms with E-state index in [2.05, 4.69) is 10.3 Å². The summed E-state index contributed by atoms with van der Waals surface area (Å²) in [6, 6.07) is 13.4. The molecule has 4 heteroatoms. The van der Waals surface area contributed by atoms with Gasteiger partial charge in [-0.05, 0) is 48.7 Å². The molecule has 22 heavy (non-hydrogen) atoms. The van der Waals surface area contributed by atoms with Gasteiger partial charge in [-0.1, -0.05) is 29.8 Å². The van der Waals surface area contributed by atoms with Gasteiger partial charge in [0.15, 0.2) is 0 Å². The topological polar surface area (TPSA) is 44.9 Å². The van der Waals surface area contributed by atoms with Crippen molar-refractivity contribution in [2.45, 2.75) is 13.3 Å². The first-order valence-corrected chi connectivity index (χ1v) is 7.62. The van der Waals surface area contributed by atoms with E-state index in [4.69, 9.17) is 11.6 Å². The molecule has 0 fully saturated rings.